The molecule has 3 heterocycles. The molecule has 2 aromatic heterocycles. The molecule has 180 valence electrons. The van der Waals surface area contributed by atoms with Crippen LogP contribution < -0.4 is 16.4 Å². The van der Waals surface area contributed by atoms with Crippen molar-refractivity contribution < 1.29 is 8.42 Å². The second kappa shape index (κ2) is 10.1. The van der Waals surface area contributed by atoms with Crippen LogP contribution in [0.15, 0.2) is 59.8 Å². The second-order valence-corrected chi connectivity index (χ2v) is 11.7. The number of thiazole rings is 1. The molecule has 0 unspecified atom stereocenters. The summed E-state index contributed by atoms with van der Waals surface area (Å²) in [5.74, 6) is 0.856. The lowest BCUT2D eigenvalue weighted by molar-refractivity contribution is 0.401. The van der Waals surface area contributed by atoms with Crippen LogP contribution >= 0.6 is 11.3 Å². The Balaban J connectivity index is 1.20. The fraction of sp³-hybridized carbons (Fsp3) is 0.240. The van der Waals surface area contributed by atoms with E-state index in [1.807, 2.05) is 30.4 Å². The Morgan fingerprint density at radius 2 is 1.74 bits per heavy atom. The van der Waals surface area contributed by atoms with Gasteiger partial charge in [-0.25, -0.2) is 23.4 Å². The van der Waals surface area contributed by atoms with Gasteiger partial charge in [0.15, 0.2) is 15.0 Å². The quantitative estimate of drug-likeness (QED) is 0.338. The first-order valence-electron chi connectivity index (χ1n) is 11.4. The van der Waals surface area contributed by atoms with Crippen LogP contribution in [0.2, 0.25) is 0 Å². The van der Waals surface area contributed by atoms with Crippen molar-refractivity contribution in [2.75, 3.05) is 29.9 Å². The van der Waals surface area contributed by atoms with Gasteiger partial charge in [0.05, 0.1) is 20.9 Å². The summed E-state index contributed by atoms with van der Waals surface area (Å²) in [5, 5.41) is 6.95. The lowest BCUT2D eigenvalue weighted by atomic mass is 10.0. The van der Waals surface area contributed by atoms with Gasteiger partial charge in [-0.05, 0) is 73.8 Å². The molecule has 0 bridgehead atoms. The van der Waals surface area contributed by atoms with Crippen LogP contribution in [-0.4, -0.2) is 42.2 Å². The van der Waals surface area contributed by atoms with E-state index in [1.54, 1.807) is 36.7 Å². The summed E-state index contributed by atoms with van der Waals surface area (Å²) in [5.41, 5.74) is 9.30. The third kappa shape index (κ3) is 5.84. The minimum atomic E-state index is -3.30. The van der Waals surface area contributed by atoms with Gasteiger partial charge in [0.2, 0.25) is 5.95 Å². The van der Waals surface area contributed by atoms with E-state index in [1.165, 1.54) is 11.3 Å². The van der Waals surface area contributed by atoms with Gasteiger partial charge < -0.3 is 16.4 Å². The first-order valence-corrected chi connectivity index (χ1v) is 13.9. The number of anilines is 3. The van der Waals surface area contributed by atoms with E-state index in [0.717, 1.165) is 53.0 Å². The summed E-state index contributed by atoms with van der Waals surface area (Å²) in [6, 6.07) is 12.8. The first-order chi connectivity index (χ1) is 16.9. The second-order valence-electron chi connectivity index (χ2n) is 8.58. The van der Waals surface area contributed by atoms with E-state index in [2.05, 4.69) is 25.6 Å². The molecule has 10 heteroatoms. The normalized spacial score (nSPS) is 15.1. The third-order valence-corrected chi connectivity index (χ3v) is 8.70. The fourth-order valence-electron chi connectivity index (χ4n) is 4.07. The van der Waals surface area contributed by atoms with Crippen molar-refractivity contribution in [2.24, 2.45) is 5.92 Å². The average molecular weight is 507 g/mol. The molecule has 0 spiro atoms. The first kappa shape index (κ1) is 23.4. The van der Waals surface area contributed by atoms with Gasteiger partial charge >= 0.3 is 0 Å². The van der Waals surface area contributed by atoms with Crippen LogP contribution in [0.25, 0.3) is 22.4 Å². The highest BCUT2D eigenvalue weighted by Gasteiger charge is 2.22. The number of fused-ring (bicyclic) bond motifs is 1. The molecule has 4 N–H and O–H groups in total. The van der Waals surface area contributed by atoms with Crippen LogP contribution in [0.1, 0.15) is 24.0 Å². The molecule has 8 nitrogen and oxygen atoms in total. The van der Waals surface area contributed by atoms with Crippen molar-refractivity contribution >= 4 is 60.3 Å². The molecule has 0 radical (unpaired) electrons. The standard InChI is InChI=1S/C25H26N6O2S2/c26-24-31-22-8-3-17(13-23(22)34-24)1-2-19-14-28-25(29-15-19)30-20-4-6-21(7-5-20)35(32,33)16-18-9-11-27-12-10-18/h1-8,13-15,18,27H,9-12,16H2,(H2,26,31)(H,28,29,30)/b2-1+. The number of nitrogen functional groups attached to an aromatic ring is 1. The summed E-state index contributed by atoms with van der Waals surface area (Å²) in [6.45, 7) is 1.77. The molecule has 1 aliphatic rings. The number of rotatable bonds is 7. The fourth-order valence-corrected chi connectivity index (χ4v) is 6.55. The molecule has 0 aliphatic carbocycles. The van der Waals surface area contributed by atoms with E-state index in [9.17, 15) is 8.42 Å². The molecule has 0 atom stereocenters. The number of piperidine rings is 1. The van der Waals surface area contributed by atoms with Gasteiger partial charge in [0, 0.05) is 23.6 Å². The topological polar surface area (TPSA) is 123 Å². The van der Waals surface area contributed by atoms with E-state index in [-0.39, 0.29) is 11.7 Å². The molecule has 1 aliphatic heterocycles. The van der Waals surface area contributed by atoms with Crippen molar-refractivity contribution in [1.82, 2.24) is 20.3 Å². The molecule has 35 heavy (non-hydrogen) atoms. The van der Waals surface area contributed by atoms with E-state index >= 15 is 0 Å². The number of hydrogen-bond donors (Lipinski definition) is 3. The van der Waals surface area contributed by atoms with Crippen LogP contribution in [0.5, 0.6) is 0 Å². The Hall–Kier alpha value is -3.34. The largest absolute Gasteiger partial charge is 0.375 e. The highest BCUT2D eigenvalue weighted by atomic mass is 32.2. The molecular weight excluding hydrogens is 480 g/mol. The summed E-state index contributed by atoms with van der Waals surface area (Å²) >= 11 is 1.46. The van der Waals surface area contributed by atoms with Gasteiger partial charge in [-0.2, -0.15) is 0 Å². The van der Waals surface area contributed by atoms with Crippen molar-refractivity contribution in [3.8, 4) is 0 Å². The smallest absolute Gasteiger partial charge is 0.227 e. The monoisotopic (exact) mass is 506 g/mol. The minimum Gasteiger partial charge on any atom is -0.375 e. The average Bonchev–Trinajstić information content (AvgIpc) is 3.23. The zero-order chi connectivity index (χ0) is 24.3. The Labute approximate surface area is 208 Å². The molecule has 0 amide bonds. The predicted molar refractivity (Wildman–Crippen MR) is 142 cm³/mol. The van der Waals surface area contributed by atoms with Crippen LogP contribution in [0, 0.1) is 5.92 Å². The van der Waals surface area contributed by atoms with Gasteiger partial charge in [0.1, 0.15) is 0 Å². The number of aromatic nitrogens is 3. The van der Waals surface area contributed by atoms with Gasteiger partial charge in [-0.15, -0.1) is 0 Å². The summed E-state index contributed by atoms with van der Waals surface area (Å²) in [6.07, 6.45) is 9.19. The molecule has 5 rings (SSSR count). The van der Waals surface area contributed by atoms with Gasteiger partial charge in [-0.1, -0.05) is 29.6 Å². The predicted octanol–water partition coefficient (Wildman–Crippen LogP) is 4.36. The number of benzene rings is 2. The van der Waals surface area contributed by atoms with Crippen molar-refractivity contribution in [2.45, 2.75) is 17.7 Å². The number of nitrogens with one attached hydrogen (secondary N) is 2. The number of sulfone groups is 1. The number of nitrogens with two attached hydrogens (primary N) is 1. The SMILES string of the molecule is Nc1nc2ccc(/C=C/c3cnc(Nc4ccc(S(=O)(=O)CC5CCNCC5)cc4)nc3)cc2s1. The summed E-state index contributed by atoms with van der Waals surface area (Å²) in [4.78, 5) is 13.4. The Morgan fingerprint density at radius 3 is 2.49 bits per heavy atom. The molecule has 0 saturated carbocycles. The van der Waals surface area contributed by atoms with E-state index in [4.69, 9.17) is 5.73 Å². The van der Waals surface area contributed by atoms with Crippen molar-refractivity contribution in [3.05, 3.63) is 66.0 Å². The maximum Gasteiger partial charge on any atom is 0.227 e. The maximum atomic E-state index is 12.8. The highest BCUT2D eigenvalue weighted by molar-refractivity contribution is 7.91. The summed E-state index contributed by atoms with van der Waals surface area (Å²) < 4.78 is 26.6. The zero-order valence-electron chi connectivity index (χ0n) is 19.0. The lowest BCUT2D eigenvalue weighted by Crippen LogP contribution is -2.31. The minimum absolute atomic E-state index is 0.200. The van der Waals surface area contributed by atoms with Crippen molar-refractivity contribution in [3.63, 3.8) is 0 Å². The van der Waals surface area contributed by atoms with E-state index < -0.39 is 9.84 Å². The zero-order valence-corrected chi connectivity index (χ0v) is 20.6. The Morgan fingerprint density at radius 1 is 1.03 bits per heavy atom. The van der Waals surface area contributed by atoms with Crippen LogP contribution in [0.3, 0.4) is 0 Å². The van der Waals surface area contributed by atoms with Crippen molar-refractivity contribution in [1.29, 1.82) is 0 Å². The molecule has 2 aromatic carbocycles. The van der Waals surface area contributed by atoms with Gasteiger partial charge in [0.25, 0.3) is 0 Å². The maximum absolute atomic E-state index is 12.8. The lowest BCUT2D eigenvalue weighted by Gasteiger charge is -2.22. The molecular formula is C25H26N6O2S2. The van der Waals surface area contributed by atoms with E-state index in [0.29, 0.717) is 16.0 Å². The third-order valence-electron chi connectivity index (χ3n) is 5.95. The molecule has 4 aromatic rings. The van der Waals surface area contributed by atoms with Crippen LogP contribution in [-0.2, 0) is 9.84 Å². The molecule has 1 saturated heterocycles. The number of hydrogen-bond acceptors (Lipinski definition) is 9. The Bertz CT molecular complexity index is 1440. The van der Waals surface area contributed by atoms with Gasteiger partial charge in [-0.3, -0.25) is 0 Å². The number of nitrogens with zero attached hydrogens (tertiary/aromatic N) is 3. The summed E-state index contributed by atoms with van der Waals surface area (Å²) in [7, 11) is -3.30. The molecule has 1 fully saturated rings. The highest BCUT2D eigenvalue weighted by Crippen LogP contribution is 2.25. The van der Waals surface area contributed by atoms with Crippen LogP contribution in [0.4, 0.5) is 16.8 Å². The Kier molecular flexibility index (Phi) is 6.76.